The van der Waals surface area contributed by atoms with Gasteiger partial charge >= 0.3 is 0 Å². The number of aryl methyl sites for hydroxylation is 1. The van der Waals surface area contributed by atoms with E-state index in [2.05, 4.69) is 21.6 Å². The average molecular weight is 286 g/mol. The van der Waals surface area contributed by atoms with E-state index in [0.717, 1.165) is 5.56 Å². The molecule has 0 saturated heterocycles. The van der Waals surface area contributed by atoms with E-state index < -0.39 is 6.10 Å². The number of hydrogen-bond acceptors (Lipinski definition) is 5. The topological polar surface area (TPSA) is 81.8 Å². The summed E-state index contributed by atoms with van der Waals surface area (Å²) >= 11 is 0. The predicted octanol–water partition coefficient (Wildman–Crippen LogP) is 2.25. The zero-order valence-corrected chi connectivity index (χ0v) is 11.8. The molecule has 0 bridgehead atoms. The molecule has 6 heteroatoms. The van der Waals surface area contributed by atoms with Gasteiger partial charge < -0.3 is 10.4 Å². The van der Waals surface area contributed by atoms with Crippen molar-refractivity contribution in [1.29, 1.82) is 5.26 Å². The molecule has 1 unspecified atom stereocenters. The van der Waals surface area contributed by atoms with E-state index in [1.165, 1.54) is 24.3 Å². The fourth-order valence-corrected chi connectivity index (χ4v) is 1.87. The summed E-state index contributed by atoms with van der Waals surface area (Å²) in [7, 11) is 0. The molecule has 2 rings (SSSR count). The van der Waals surface area contributed by atoms with Crippen LogP contribution in [0.25, 0.3) is 0 Å². The Kier molecular flexibility index (Phi) is 4.45. The minimum atomic E-state index is -0.833. The highest BCUT2D eigenvalue weighted by atomic mass is 19.1. The van der Waals surface area contributed by atoms with Crippen LogP contribution in [-0.4, -0.2) is 21.8 Å². The molecular formula is C15H15FN4O. The van der Waals surface area contributed by atoms with Gasteiger partial charge in [-0.3, -0.25) is 0 Å². The lowest BCUT2D eigenvalue weighted by Gasteiger charge is -2.14. The number of benzene rings is 1. The van der Waals surface area contributed by atoms with Crippen molar-refractivity contribution in [3.63, 3.8) is 0 Å². The number of aliphatic hydroxyl groups excluding tert-OH is 1. The summed E-state index contributed by atoms with van der Waals surface area (Å²) in [6, 6.07) is 7.68. The summed E-state index contributed by atoms with van der Waals surface area (Å²) < 4.78 is 12.8. The monoisotopic (exact) mass is 286 g/mol. The van der Waals surface area contributed by atoms with Crippen LogP contribution in [0.1, 0.15) is 28.5 Å². The van der Waals surface area contributed by atoms with Gasteiger partial charge in [0.2, 0.25) is 0 Å². The van der Waals surface area contributed by atoms with Crippen molar-refractivity contribution in [3.8, 4) is 6.07 Å². The smallest absolute Gasteiger partial charge is 0.167 e. The van der Waals surface area contributed by atoms with Crippen LogP contribution in [0.3, 0.4) is 0 Å². The highest BCUT2D eigenvalue weighted by Crippen LogP contribution is 2.19. The van der Waals surface area contributed by atoms with E-state index >= 15 is 0 Å². The molecule has 0 amide bonds. The number of nitriles is 1. The molecule has 2 N–H and O–H groups in total. The lowest BCUT2D eigenvalue weighted by Crippen LogP contribution is -2.15. The van der Waals surface area contributed by atoms with Gasteiger partial charge in [0.25, 0.3) is 0 Å². The van der Waals surface area contributed by atoms with Gasteiger partial charge in [-0.15, -0.1) is 5.10 Å². The van der Waals surface area contributed by atoms with E-state index in [4.69, 9.17) is 0 Å². The molecular weight excluding hydrogens is 271 g/mol. The molecule has 21 heavy (non-hydrogen) atoms. The standard InChI is InChI=1S/C15H15FN4O/c1-9-10(2)19-20-15(13(9)7-17)18-8-14(21)11-3-5-12(16)6-4-11/h3-6,14,21H,8H2,1-2H3,(H,18,20). The molecule has 0 spiro atoms. The second kappa shape index (κ2) is 6.29. The SMILES string of the molecule is Cc1nnc(NCC(O)c2ccc(F)cc2)c(C#N)c1C. The highest BCUT2D eigenvalue weighted by Gasteiger charge is 2.13. The summed E-state index contributed by atoms with van der Waals surface area (Å²) in [5.41, 5.74) is 2.44. The van der Waals surface area contributed by atoms with Crippen molar-refractivity contribution in [2.24, 2.45) is 0 Å². The van der Waals surface area contributed by atoms with Gasteiger partial charge in [-0.05, 0) is 37.1 Å². The molecule has 0 fully saturated rings. The fraction of sp³-hybridized carbons (Fsp3) is 0.267. The summed E-state index contributed by atoms with van der Waals surface area (Å²) in [6.45, 7) is 3.72. The summed E-state index contributed by atoms with van der Waals surface area (Å²) in [6.07, 6.45) is -0.833. The normalized spacial score (nSPS) is 11.8. The van der Waals surface area contributed by atoms with Crippen LogP contribution < -0.4 is 5.32 Å². The molecule has 2 aromatic rings. The van der Waals surface area contributed by atoms with Crippen LogP contribution in [0.4, 0.5) is 10.2 Å². The summed E-state index contributed by atoms with van der Waals surface area (Å²) in [5.74, 6) is -0.0209. The van der Waals surface area contributed by atoms with Crippen LogP contribution in [0.15, 0.2) is 24.3 Å². The molecule has 0 aliphatic rings. The molecule has 5 nitrogen and oxygen atoms in total. The number of nitrogens with one attached hydrogen (secondary N) is 1. The fourth-order valence-electron chi connectivity index (χ4n) is 1.87. The maximum atomic E-state index is 12.8. The number of hydrogen-bond donors (Lipinski definition) is 2. The zero-order valence-electron chi connectivity index (χ0n) is 11.8. The molecule has 0 radical (unpaired) electrons. The lowest BCUT2D eigenvalue weighted by molar-refractivity contribution is 0.191. The Morgan fingerprint density at radius 1 is 1.29 bits per heavy atom. The molecule has 0 aliphatic carbocycles. The van der Waals surface area contributed by atoms with Crippen LogP contribution in [-0.2, 0) is 0 Å². The van der Waals surface area contributed by atoms with E-state index in [-0.39, 0.29) is 12.4 Å². The number of aliphatic hydroxyl groups is 1. The Bertz CT molecular complexity index is 679. The minimum Gasteiger partial charge on any atom is -0.387 e. The van der Waals surface area contributed by atoms with Crippen molar-refractivity contribution in [1.82, 2.24) is 10.2 Å². The van der Waals surface area contributed by atoms with Crippen LogP contribution in [0.2, 0.25) is 0 Å². The van der Waals surface area contributed by atoms with Crippen LogP contribution >= 0.6 is 0 Å². The third-order valence-electron chi connectivity index (χ3n) is 3.28. The number of halogens is 1. The molecule has 1 atom stereocenters. The van der Waals surface area contributed by atoms with Crippen molar-refractivity contribution in [2.75, 3.05) is 11.9 Å². The Morgan fingerprint density at radius 3 is 2.57 bits per heavy atom. The number of aromatic nitrogens is 2. The number of rotatable bonds is 4. The minimum absolute atomic E-state index is 0.150. The van der Waals surface area contributed by atoms with E-state index in [9.17, 15) is 14.8 Å². The van der Waals surface area contributed by atoms with E-state index in [1.54, 1.807) is 13.8 Å². The Morgan fingerprint density at radius 2 is 1.95 bits per heavy atom. The van der Waals surface area contributed by atoms with Gasteiger partial charge in [0, 0.05) is 6.54 Å². The largest absolute Gasteiger partial charge is 0.387 e. The summed E-state index contributed by atoms with van der Waals surface area (Å²) in [5, 5.41) is 30.0. The van der Waals surface area contributed by atoms with Gasteiger partial charge in [-0.25, -0.2) is 4.39 Å². The second-order valence-corrected chi connectivity index (χ2v) is 4.69. The van der Waals surface area contributed by atoms with Crippen LogP contribution in [0.5, 0.6) is 0 Å². The Balaban J connectivity index is 2.12. The zero-order chi connectivity index (χ0) is 15.4. The van der Waals surface area contributed by atoms with Crippen molar-refractivity contribution in [3.05, 3.63) is 52.5 Å². The number of nitrogens with zero attached hydrogens (tertiary/aromatic N) is 3. The lowest BCUT2D eigenvalue weighted by atomic mass is 10.1. The first kappa shape index (κ1) is 14.9. The first-order valence-corrected chi connectivity index (χ1v) is 6.44. The first-order chi connectivity index (χ1) is 10.0. The first-order valence-electron chi connectivity index (χ1n) is 6.44. The third kappa shape index (κ3) is 3.33. The van der Waals surface area contributed by atoms with E-state index in [0.29, 0.717) is 22.6 Å². The molecule has 1 aromatic carbocycles. The molecule has 108 valence electrons. The highest BCUT2D eigenvalue weighted by molar-refractivity contribution is 5.55. The molecule has 1 heterocycles. The quantitative estimate of drug-likeness (QED) is 0.901. The Hall–Kier alpha value is -2.52. The maximum absolute atomic E-state index is 12.8. The van der Waals surface area contributed by atoms with Crippen molar-refractivity contribution >= 4 is 5.82 Å². The van der Waals surface area contributed by atoms with Gasteiger partial charge in [0.1, 0.15) is 17.4 Å². The molecule has 0 saturated carbocycles. The van der Waals surface area contributed by atoms with E-state index in [1.807, 2.05) is 0 Å². The predicted molar refractivity (Wildman–Crippen MR) is 76.1 cm³/mol. The van der Waals surface area contributed by atoms with Crippen molar-refractivity contribution in [2.45, 2.75) is 20.0 Å². The van der Waals surface area contributed by atoms with Gasteiger partial charge in [-0.1, -0.05) is 12.1 Å². The van der Waals surface area contributed by atoms with Gasteiger partial charge in [0.05, 0.1) is 11.8 Å². The van der Waals surface area contributed by atoms with Gasteiger partial charge in [-0.2, -0.15) is 10.4 Å². The molecule has 1 aromatic heterocycles. The van der Waals surface area contributed by atoms with Crippen LogP contribution in [0, 0.1) is 31.0 Å². The second-order valence-electron chi connectivity index (χ2n) is 4.69. The molecule has 0 aliphatic heterocycles. The van der Waals surface area contributed by atoms with Gasteiger partial charge in [0.15, 0.2) is 5.82 Å². The number of anilines is 1. The Labute approximate surface area is 122 Å². The summed E-state index contributed by atoms with van der Waals surface area (Å²) in [4.78, 5) is 0. The average Bonchev–Trinajstić information content (AvgIpc) is 2.49. The van der Waals surface area contributed by atoms with Crippen molar-refractivity contribution < 1.29 is 9.50 Å². The third-order valence-corrected chi connectivity index (χ3v) is 3.28. The maximum Gasteiger partial charge on any atom is 0.167 e.